The fraction of sp³-hybridized carbons (Fsp3) is 0.250. The van der Waals surface area contributed by atoms with Crippen LogP contribution in [0.5, 0.6) is 5.75 Å². The predicted molar refractivity (Wildman–Crippen MR) is 57.8 cm³/mol. The van der Waals surface area contributed by atoms with Gasteiger partial charge in [0.2, 0.25) is 0 Å². The van der Waals surface area contributed by atoms with E-state index in [0.717, 1.165) is 18.9 Å². The van der Waals surface area contributed by atoms with Crippen LogP contribution in [0.4, 0.5) is 0 Å². The third-order valence-electron chi connectivity index (χ3n) is 1.85. The summed E-state index contributed by atoms with van der Waals surface area (Å²) in [6, 6.07) is 7.63. The normalized spacial score (nSPS) is 10.5. The molecule has 0 aromatic heterocycles. The van der Waals surface area contributed by atoms with Crippen molar-refractivity contribution in [3.8, 4) is 5.75 Å². The maximum atomic E-state index is 10.2. The van der Waals surface area contributed by atoms with E-state index in [9.17, 15) is 4.79 Å². The van der Waals surface area contributed by atoms with Gasteiger partial charge in [-0.25, -0.2) is 4.79 Å². The third kappa shape index (κ3) is 4.31. The molecule has 80 valence electrons. The molecule has 15 heavy (non-hydrogen) atoms. The highest BCUT2D eigenvalue weighted by Gasteiger charge is 1.95. The molecule has 1 aromatic rings. The van der Waals surface area contributed by atoms with Crippen LogP contribution in [-0.2, 0) is 11.2 Å². The van der Waals surface area contributed by atoms with Crippen molar-refractivity contribution < 1.29 is 14.6 Å². The second-order valence-electron chi connectivity index (χ2n) is 3.16. The largest absolute Gasteiger partial charge is 0.478 e. The van der Waals surface area contributed by atoms with E-state index in [1.165, 1.54) is 11.8 Å². The van der Waals surface area contributed by atoms with Gasteiger partial charge < -0.3 is 9.84 Å². The van der Waals surface area contributed by atoms with E-state index in [0.29, 0.717) is 5.75 Å². The van der Waals surface area contributed by atoms with Gasteiger partial charge in [0.25, 0.3) is 0 Å². The summed E-state index contributed by atoms with van der Waals surface area (Å²) in [5.74, 6) is -0.349. The van der Waals surface area contributed by atoms with Gasteiger partial charge in [-0.1, -0.05) is 25.5 Å². The van der Waals surface area contributed by atoms with Gasteiger partial charge >= 0.3 is 5.97 Å². The smallest absolute Gasteiger partial charge is 0.331 e. The fourth-order valence-corrected chi connectivity index (χ4v) is 1.23. The number of hydrogen-bond acceptors (Lipinski definition) is 2. The molecule has 1 aromatic carbocycles. The monoisotopic (exact) mass is 206 g/mol. The fourth-order valence-electron chi connectivity index (χ4n) is 1.23. The minimum Gasteiger partial charge on any atom is -0.478 e. The van der Waals surface area contributed by atoms with Gasteiger partial charge in [0.1, 0.15) is 5.75 Å². The van der Waals surface area contributed by atoms with Crippen LogP contribution in [0.2, 0.25) is 0 Å². The second kappa shape index (κ2) is 5.86. The summed E-state index contributed by atoms with van der Waals surface area (Å²) >= 11 is 0. The first-order chi connectivity index (χ1) is 7.22. The Kier molecular flexibility index (Phi) is 4.41. The first kappa shape index (κ1) is 11.3. The number of rotatable bonds is 5. The lowest BCUT2D eigenvalue weighted by Crippen LogP contribution is -1.90. The van der Waals surface area contributed by atoms with E-state index < -0.39 is 5.97 Å². The number of benzene rings is 1. The quantitative estimate of drug-likeness (QED) is 0.595. The van der Waals surface area contributed by atoms with Crippen molar-refractivity contribution in [3.05, 3.63) is 42.2 Å². The van der Waals surface area contributed by atoms with Crippen molar-refractivity contribution in [2.24, 2.45) is 0 Å². The molecule has 0 saturated heterocycles. The number of hydrogen-bond donors (Lipinski definition) is 1. The van der Waals surface area contributed by atoms with Crippen LogP contribution in [0.1, 0.15) is 18.9 Å². The Bertz CT molecular complexity index is 356. The summed E-state index contributed by atoms with van der Waals surface area (Å²) in [6.45, 7) is 2.11. The summed E-state index contributed by atoms with van der Waals surface area (Å²) in [7, 11) is 0. The molecule has 1 N–H and O–H groups in total. The lowest BCUT2D eigenvalue weighted by Gasteiger charge is -2.02. The molecule has 0 aliphatic heterocycles. The first-order valence-corrected chi connectivity index (χ1v) is 4.87. The molecular weight excluding hydrogens is 192 g/mol. The Labute approximate surface area is 89.0 Å². The average Bonchev–Trinajstić information content (AvgIpc) is 2.18. The Balaban J connectivity index is 2.61. The van der Waals surface area contributed by atoms with Gasteiger partial charge in [0.05, 0.1) is 12.3 Å². The van der Waals surface area contributed by atoms with Crippen LogP contribution in [0, 0.1) is 0 Å². The number of aryl methyl sites for hydroxylation is 1. The molecule has 0 radical (unpaired) electrons. The van der Waals surface area contributed by atoms with Crippen LogP contribution in [0.15, 0.2) is 36.6 Å². The Morgan fingerprint density at radius 3 is 3.00 bits per heavy atom. The minimum absolute atomic E-state index is 0.665. The van der Waals surface area contributed by atoms with Crippen LogP contribution >= 0.6 is 0 Å². The van der Waals surface area contributed by atoms with E-state index in [1.807, 2.05) is 18.2 Å². The highest BCUT2D eigenvalue weighted by molar-refractivity contribution is 5.79. The van der Waals surface area contributed by atoms with Crippen LogP contribution in [-0.4, -0.2) is 11.1 Å². The molecule has 0 unspecified atom stereocenters. The number of carbonyl (C=O) groups is 1. The van der Waals surface area contributed by atoms with Crippen LogP contribution in [0.25, 0.3) is 0 Å². The number of carboxylic acids is 1. The Morgan fingerprint density at radius 2 is 2.33 bits per heavy atom. The summed E-state index contributed by atoms with van der Waals surface area (Å²) < 4.78 is 5.14. The summed E-state index contributed by atoms with van der Waals surface area (Å²) in [5, 5.41) is 8.36. The van der Waals surface area contributed by atoms with Gasteiger partial charge in [-0.2, -0.15) is 0 Å². The van der Waals surface area contributed by atoms with Crippen molar-refractivity contribution >= 4 is 5.97 Å². The zero-order valence-electron chi connectivity index (χ0n) is 8.64. The number of carboxylic acid groups (broad SMARTS) is 1. The molecular formula is C12H14O3. The molecule has 3 nitrogen and oxygen atoms in total. The van der Waals surface area contributed by atoms with Gasteiger partial charge in [-0.05, 0) is 24.1 Å². The topological polar surface area (TPSA) is 46.5 Å². The molecule has 0 heterocycles. The molecule has 1 rings (SSSR count). The van der Waals surface area contributed by atoms with Crippen molar-refractivity contribution in [1.29, 1.82) is 0 Å². The molecule has 0 saturated carbocycles. The standard InChI is InChI=1S/C12H14O3/c1-2-4-10-5-3-6-11(9-10)15-8-7-12(13)14/h3,5-9H,2,4H2,1H3,(H,13,14). The second-order valence-corrected chi connectivity index (χ2v) is 3.16. The van der Waals surface area contributed by atoms with Crippen molar-refractivity contribution in [2.75, 3.05) is 0 Å². The Morgan fingerprint density at radius 1 is 1.53 bits per heavy atom. The van der Waals surface area contributed by atoms with E-state index in [2.05, 4.69) is 6.92 Å². The average molecular weight is 206 g/mol. The van der Waals surface area contributed by atoms with Gasteiger partial charge in [0.15, 0.2) is 0 Å². The molecule has 0 aliphatic carbocycles. The number of ether oxygens (including phenoxy) is 1. The van der Waals surface area contributed by atoms with Crippen LogP contribution < -0.4 is 4.74 Å². The van der Waals surface area contributed by atoms with Crippen LogP contribution in [0.3, 0.4) is 0 Å². The molecule has 0 bridgehead atoms. The SMILES string of the molecule is CCCc1cccc(OC=CC(=O)O)c1. The van der Waals surface area contributed by atoms with E-state index in [-0.39, 0.29) is 0 Å². The van der Waals surface area contributed by atoms with Gasteiger partial charge in [0, 0.05) is 0 Å². The molecule has 0 atom stereocenters. The molecule has 0 spiro atoms. The number of aliphatic carboxylic acids is 1. The molecule has 0 fully saturated rings. The zero-order valence-corrected chi connectivity index (χ0v) is 8.64. The van der Waals surface area contributed by atoms with E-state index in [4.69, 9.17) is 9.84 Å². The lowest BCUT2D eigenvalue weighted by molar-refractivity contribution is -0.131. The predicted octanol–water partition coefficient (Wildman–Crippen LogP) is 2.62. The molecule has 0 amide bonds. The summed E-state index contributed by atoms with van der Waals surface area (Å²) in [5.41, 5.74) is 1.19. The van der Waals surface area contributed by atoms with Gasteiger partial charge in [-0.3, -0.25) is 0 Å². The van der Waals surface area contributed by atoms with Crippen molar-refractivity contribution in [3.63, 3.8) is 0 Å². The lowest BCUT2D eigenvalue weighted by atomic mass is 10.1. The zero-order chi connectivity index (χ0) is 11.1. The third-order valence-corrected chi connectivity index (χ3v) is 1.85. The molecule has 0 aliphatic rings. The molecule has 3 heteroatoms. The van der Waals surface area contributed by atoms with E-state index >= 15 is 0 Å². The first-order valence-electron chi connectivity index (χ1n) is 4.87. The summed E-state index contributed by atoms with van der Waals surface area (Å²) in [4.78, 5) is 10.2. The van der Waals surface area contributed by atoms with E-state index in [1.54, 1.807) is 6.07 Å². The maximum absolute atomic E-state index is 10.2. The minimum atomic E-state index is -1.01. The van der Waals surface area contributed by atoms with Crippen molar-refractivity contribution in [2.45, 2.75) is 19.8 Å². The Hall–Kier alpha value is -1.77. The highest BCUT2D eigenvalue weighted by atomic mass is 16.5. The van der Waals surface area contributed by atoms with Gasteiger partial charge in [-0.15, -0.1) is 0 Å². The van der Waals surface area contributed by atoms with Crippen molar-refractivity contribution in [1.82, 2.24) is 0 Å². The highest BCUT2D eigenvalue weighted by Crippen LogP contribution is 2.14. The summed E-state index contributed by atoms with van der Waals surface area (Å²) in [6.07, 6.45) is 4.22. The maximum Gasteiger partial charge on any atom is 0.331 e.